The van der Waals surface area contributed by atoms with Crippen molar-refractivity contribution in [3.05, 3.63) is 29.8 Å². The molecule has 0 bridgehead atoms. The molecule has 3 heterocycles. The van der Waals surface area contributed by atoms with E-state index in [1.165, 1.54) is 0 Å². The lowest BCUT2D eigenvalue weighted by molar-refractivity contribution is -0.139. The second-order valence-corrected chi connectivity index (χ2v) is 8.50. The first-order valence-corrected chi connectivity index (χ1v) is 9.88. The van der Waals surface area contributed by atoms with Gasteiger partial charge in [0.1, 0.15) is 0 Å². The third-order valence-corrected chi connectivity index (χ3v) is 6.20. The Morgan fingerprint density at radius 3 is 2.63 bits per heavy atom. The molecule has 1 aromatic carbocycles. The lowest BCUT2D eigenvalue weighted by Crippen LogP contribution is -2.50. The molecular formula is C21H27N3O3. The van der Waals surface area contributed by atoms with Crippen molar-refractivity contribution in [1.29, 1.82) is 0 Å². The van der Waals surface area contributed by atoms with E-state index in [4.69, 9.17) is 0 Å². The molecule has 6 nitrogen and oxygen atoms in total. The molecule has 0 aliphatic carbocycles. The van der Waals surface area contributed by atoms with Crippen LogP contribution in [0.4, 0.5) is 5.69 Å². The van der Waals surface area contributed by atoms with E-state index in [9.17, 15) is 14.4 Å². The zero-order valence-corrected chi connectivity index (χ0v) is 16.0. The lowest BCUT2D eigenvalue weighted by Gasteiger charge is -2.38. The van der Waals surface area contributed by atoms with Gasteiger partial charge in [0.05, 0.1) is 11.3 Å². The number of fused-ring (bicyclic) bond motifs is 2. The van der Waals surface area contributed by atoms with E-state index < -0.39 is 5.41 Å². The van der Waals surface area contributed by atoms with E-state index in [-0.39, 0.29) is 23.6 Å². The Kier molecular flexibility index (Phi) is 4.44. The van der Waals surface area contributed by atoms with Crippen molar-refractivity contribution < 1.29 is 14.4 Å². The summed E-state index contributed by atoms with van der Waals surface area (Å²) in [5.74, 6) is 0.360. The quantitative estimate of drug-likeness (QED) is 0.886. The SMILES string of the molecule is CC(C)CN1C[C@H](C(=O)N2CCC3(CC2)C(=O)Nc2ccccc23)CC1=O. The van der Waals surface area contributed by atoms with Gasteiger partial charge in [-0.1, -0.05) is 32.0 Å². The normalized spacial score (nSPS) is 23.9. The number of anilines is 1. The second-order valence-electron chi connectivity index (χ2n) is 8.50. The Labute approximate surface area is 159 Å². The van der Waals surface area contributed by atoms with Gasteiger partial charge in [0.25, 0.3) is 0 Å². The van der Waals surface area contributed by atoms with Gasteiger partial charge in [0.15, 0.2) is 0 Å². The zero-order valence-electron chi connectivity index (χ0n) is 16.0. The summed E-state index contributed by atoms with van der Waals surface area (Å²) in [6.45, 7) is 6.53. The molecule has 2 fully saturated rings. The lowest BCUT2D eigenvalue weighted by atomic mass is 9.73. The highest BCUT2D eigenvalue weighted by molar-refractivity contribution is 6.06. The average Bonchev–Trinajstić information content (AvgIpc) is 3.13. The molecule has 1 spiro atoms. The largest absolute Gasteiger partial charge is 0.342 e. The van der Waals surface area contributed by atoms with Crippen LogP contribution >= 0.6 is 0 Å². The van der Waals surface area contributed by atoms with E-state index in [0.29, 0.717) is 51.4 Å². The number of carbonyl (C=O) groups is 3. The van der Waals surface area contributed by atoms with E-state index in [0.717, 1.165) is 11.3 Å². The summed E-state index contributed by atoms with van der Waals surface area (Å²) < 4.78 is 0. The fourth-order valence-corrected chi connectivity index (χ4v) is 4.79. The second kappa shape index (κ2) is 6.66. The molecule has 0 saturated carbocycles. The van der Waals surface area contributed by atoms with Crippen LogP contribution in [0.3, 0.4) is 0 Å². The number of hydrogen-bond donors (Lipinski definition) is 1. The molecule has 1 aromatic rings. The number of likely N-dealkylation sites (tertiary alicyclic amines) is 2. The third-order valence-electron chi connectivity index (χ3n) is 6.20. The van der Waals surface area contributed by atoms with Crippen molar-refractivity contribution in [2.75, 3.05) is 31.5 Å². The van der Waals surface area contributed by atoms with Crippen LogP contribution in [0, 0.1) is 11.8 Å². The monoisotopic (exact) mass is 369 g/mol. The molecule has 1 atom stereocenters. The summed E-state index contributed by atoms with van der Waals surface area (Å²) >= 11 is 0. The molecule has 3 aliphatic heterocycles. The van der Waals surface area contributed by atoms with Crippen molar-refractivity contribution in [2.45, 2.75) is 38.5 Å². The van der Waals surface area contributed by atoms with E-state index in [1.807, 2.05) is 34.1 Å². The van der Waals surface area contributed by atoms with Gasteiger partial charge in [-0.25, -0.2) is 0 Å². The molecule has 4 rings (SSSR count). The molecule has 3 aliphatic rings. The average molecular weight is 369 g/mol. The number of benzene rings is 1. The summed E-state index contributed by atoms with van der Waals surface area (Å²) in [5.41, 5.74) is 1.44. The molecule has 6 heteroatoms. The maximum Gasteiger partial charge on any atom is 0.235 e. The third kappa shape index (κ3) is 3.01. The van der Waals surface area contributed by atoms with Gasteiger partial charge in [-0.2, -0.15) is 0 Å². The predicted molar refractivity (Wildman–Crippen MR) is 102 cm³/mol. The topological polar surface area (TPSA) is 69.7 Å². The molecule has 0 aromatic heterocycles. The van der Waals surface area contributed by atoms with E-state index in [1.54, 1.807) is 0 Å². The Hall–Kier alpha value is -2.37. The van der Waals surface area contributed by atoms with Crippen molar-refractivity contribution in [1.82, 2.24) is 9.80 Å². The fourth-order valence-electron chi connectivity index (χ4n) is 4.79. The first-order chi connectivity index (χ1) is 12.9. The Morgan fingerprint density at radius 2 is 1.93 bits per heavy atom. The van der Waals surface area contributed by atoms with Gasteiger partial charge >= 0.3 is 0 Å². The van der Waals surface area contributed by atoms with Crippen LogP contribution in [0.15, 0.2) is 24.3 Å². The summed E-state index contributed by atoms with van der Waals surface area (Å²) in [4.78, 5) is 41.5. The van der Waals surface area contributed by atoms with Crippen LogP contribution in [0.5, 0.6) is 0 Å². The summed E-state index contributed by atoms with van der Waals surface area (Å²) in [6.07, 6.45) is 1.59. The van der Waals surface area contributed by atoms with Gasteiger partial charge in [-0.05, 0) is 30.4 Å². The van der Waals surface area contributed by atoms with Crippen LogP contribution in [0.2, 0.25) is 0 Å². The first kappa shape index (κ1) is 18.0. The number of hydrogen-bond acceptors (Lipinski definition) is 3. The maximum atomic E-state index is 13.0. The Morgan fingerprint density at radius 1 is 1.22 bits per heavy atom. The van der Waals surface area contributed by atoms with Crippen LogP contribution in [-0.2, 0) is 19.8 Å². The maximum absolute atomic E-state index is 13.0. The van der Waals surface area contributed by atoms with Gasteiger partial charge < -0.3 is 15.1 Å². The predicted octanol–water partition coefficient (Wildman–Crippen LogP) is 2.00. The fraction of sp³-hybridized carbons (Fsp3) is 0.571. The first-order valence-electron chi connectivity index (χ1n) is 9.88. The molecule has 144 valence electrons. The van der Waals surface area contributed by atoms with Crippen LogP contribution in [0.25, 0.3) is 0 Å². The van der Waals surface area contributed by atoms with Crippen molar-refractivity contribution in [2.24, 2.45) is 11.8 Å². The molecular weight excluding hydrogens is 342 g/mol. The molecule has 27 heavy (non-hydrogen) atoms. The highest BCUT2D eigenvalue weighted by Gasteiger charge is 2.49. The number of piperidine rings is 1. The van der Waals surface area contributed by atoms with Crippen molar-refractivity contribution in [3.8, 4) is 0 Å². The molecule has 0 radical (unpaired) electrons. The van der Waals surface area contributed by atoms with Gasteiger partial charge in [-0.3, -0.25) is 14.4 Å². The van der Waals surface area contributed by atoms with Gasteiger partial charge in [0.2, 0.25) is 17.7 Å². The summed E-state index contributed by atoms with van der Waals surface area (Å²) in [5, 5.41) is 2.99. The van der Waals surface area contributed by atoms with Crippen LogP contribution in [-0.4, -0.2) is 53.7 Å². The standard InChI is InChI=1S/C21H27N3O3/c1-14(2)12-24-13-15(11-18(24)25)19(26)23-9-7-21(8-10-23)16-5-3-4-6-17(16)22-20(21)27/h3-6,14-15H,7-13H2,1-2H3,(H,22,27)/t15-/m1/s1. The number of amides is 3. The van der Waals surface area contributed by atoms with E-state index >= 15 is 0 Å². The van der Waals surface area contributed by atoms with Gasteiger partial charge in [-0.15, -0.1) is 0 Å². The number of carbonyl (C=O) groups excluding carboxylic acids is 3. The number of rotatable bonds is 3. The highest BCUT2D eigenvalue weighted by atomic mass is 16.2. The summed E-state index contributed by atoms with van der Waals surface area (Å²) in [7, 11) is 0. The van der Waals surface area contributed by atoms with Crippen molar-refractivity contribution in [3.63, 3.8) is 0 Å². The smallest absolute Gasteiger partial charge is 0.235 e. The van der Waals surface area contributed by atoms with E-state index in [2.05, 4.69) is 19.2 Å². The Balaban J connectivity index is 1.42. The number of para-hydroxylation sites is 1. The van der Waals surface area contributed by atoms with Crippen molar-refractivity contribution >= 4 is 23.4 Å². The minimum absolute atomic E-state index is 0.0509. The highest BCUT2D eigenvalue weighted by Crippen LogP contribution is 2.45. The van der Waals surface area contributed by atoms with Crippen LogP contribution < -0.4 is 5.32 Å². The van der Waals surface area contributed by atoms with Gasteiger partial charge in [0, 0.05) is 38.3 Å². The molecule has 2 saturated heterocycles. The number of nitrogens with one attached hydrogen (secondary N) is 1. The minimum atomic E-state index is -0.511. The minimum Gasteiger partial charge on any atom is -0.342 e. The zero-order chi connectivity index (χ0) is 19.2. The summed E-state index contributed by atoms with van der Waals surface area (Å²) in [6, 6.07) is 7.85. The molecule has 0 unspecified atom stereocenters. The Bertz CT molecular complexity index is 781. The van der Waals surface area contributed by atoms with Crippen LogP contribution in [0.1, 0.15) is 38.7 Å². The molecule has 3 amide bonds. The molecule has 1 N–H and O–H groups in total. The number of nitrogens with zero attached hydrogens (tertiary/aromatic N) is 2.